The molecule has 0 saturated carbocycles. The van der Waals surface area contributed by atoms with Gasteiger partial charge in [0, 0.05) is 26.1 Å². The largest absolute Gasteiger partial charge is 0.338 e. The van der Waals surface area contributed by atoms with Gasteiger partial charge in [0.25, 0.3) is 0 Å². The Morgan fingerprint density at radius 1 is 1.17 bits per heavy atom. The number of hydrogen-bond donors (Lipinski definition) is 3. The average Bonchev–Trinajstić information content (AvgIpc) is 2.63. The molecule has 0 aliphatic carbocycles. The molecular weight excluding hydrogens is 306 g/mol. The minimum atomic E-state index is -0.328. The Bertz CT molecular complexity index is 514. The molecule has 1 aliphatic rings. The fourth-order valence-electron chi connectivity index (χ4n) is 3.10. The molecule has 1 aliphatic heterocycles. The van der Waals surface area contributed by atoms with Crippen molar-refractivity contribution in [2.45, 2.75) is 38.5 Å². The molecule has 0 radical (unpaired) electrons. The molecule has 3 N–H and O–H groups in total. The van der Waals surface area contributed by atoms with Crippen LogP contribution in [0.1, 0.15) is 37.7 Å². The van der Waals surface area contributed by atoms with E-state index in [1.807, 2.05) is 23.1 Å². The summed E-state index contributed by atoms with van der Waals surface area (Å²) in [5, 5.41) is 11.4. The third-order valence-electron chi connectivity index (χ3n) is 4.58. The number of benzene rings is 1. The van der Waals surface area contributed by atoms with Crippen LogP contribution in [0.4, 0.5) is 4.79 Å². The van der Waals surface area contributed by atoms with E-state index in [9.17, 15) is 9.59 Å². The van der Waals surface area contributed by atoms with Crippen molar-refractivity contribution in [2.75, 3.05) is 19.6 Å². The summed E-state index contributed by atoms with van der Waals surface area (Å²) < 4.78 is 0. The van der Waals surface area contributed by atoms with E-state index in [2.05, 4.69) is 17.4 Å². The van der Waals surface area contributed by atoms with Crippen molar-refractivity contribution in [3.8, 4) is 0 Å². The van der Waals surface area contributed by atoms with Crippen molar-refractivity contribution in [1.29, 1.82) is 0 Å². The van der Waals surface area contributed by atoms with Crippen molar-refractivity contribution in [3.63, 3.8) is 0 Å². The Morgan fingerprint density at radius 2 is 1.88 bits per heavy atom. The van der Waals surface area contributed by atoms with Crippen LogP contribution in [0.25, 0.3) is 0 Å². The second kappa shape index (κ2) is 9.93. The van der Waals surface area contributed by atoms with Gasteiger partial charge in [-0.05, 0) is 43.6 Å². The highest BCUT2D eigenvalue weighted by atomic mass is 16.5. The Hall–Kier alpha value is -2.08. The van der Waals surface area contributed by atoms with Gasteiger partial charge in [0.1, 0.15) is 0 Å². The minimum Gasteiger partial charge on any atom is -0.338 e. The lowest BCUT2D eigenvalue weighted by molar-refractivity contribution is -0.129. The first kappa shape index (κ1) is 18.3. The highest BCUT2D eigenvalue weighted by Gasteiger charge is 2.22. The van der Waals surface area contributed by atoms with Gasteiger partial charge in [-0.2, -0.15) is 0 Å². The maximum Gasteiger partial charge on any atom is 0.317 e. The first-order valence-corrected chi connectivity index (χ1v) is 8.68. The van der Waals surface area contributed by atoms with Gasteiger partial charge in [-0.3, -0.25) is 10.0 Å². The van der Waals surface area contributed by atoms with Gasteiger partial charge in [0.05, 0.1) is 0 Å². The van der Waals surface area contributed by atoms with Crippen molar-refractivity contribution in [2.24, 2.45) is 5.92 Å². The van der Waals surface area contributed by atoms with Crippen molar-refractivity contribution < 1.29 is 14.8 Å². The number of nitrogens with one attached hydrogen (secondary N) is 2. The first-order valence-electron chi connectivity index (χ1n) is 8.68. The number of hydrogen-bond acceptors (Lipinski definition) is 3. The second-order valence-corrected chi connectivity index (χ2v) is 6.33. The number of urea groups is 1. The molecular formula is C18H27N3O3. The average molecular weight is 333 g/mol. The zero-order chi connectivity index (χ0) is 17.2. The fourth-order valence-corrected chi connectivity index (χ4v) is 3.10. The van der Waals surface area contributed by atoms with Crippen molar-refractivity contribution in [3.05, 3.63) is 35.9 Å². The van der Waals surface area contributed by atoms with E-state index < -0.39 is 0 Å². The summed E-state index contributed by atoms with van der Waals surface area (Å²) in [5.41, 5.74) is 2.88. The van der Waals surface area contributed by atoms with Gasteiger partial charge in [0.2, 0.25) is 5.91 Å². The van der Waals surface area contributed by atoms with Gasteiger partial charge in [-0.1, -0.05) is 30.3 Å². The van der Waals surface area contributed by atoms with Crippen LogP contribution in [0, 0.1) is 5.92 Å². The van der Waals surface area contributed by atoms with E-state index >= 15 is 0 Å². The van der Waals surface area contributed by atoms with E-state index in [0.717, 1.165) is 45.2 Å². The number of amides is 3. The van der Waals surface area contributed by atoms with Crippen LogP contribution < -0.4 is 10.8 Å². The maximum atomic E-state index is 12.2. The molecule has 1 saturated heterocycles. The molecule has 132 valence electrons. The topological polar surface area (TPSA) is 81.7 Å². The van der Waals surface area contributed by atoms with Crippen LogP contribution in [0.15, 0.2) is 30.3 Å². The minimum absolute atomic E-state index is 0.0176. The Labute approximate surface area is 143 Å². The van der Waals surface area contributed by atoms with Gasteiger partial charge in [-0.25, -0.2) is 10.3 Å². The molecule has 0 spiro atoms. The zero-order valence-corrected chi connectivity index (χ0v) is 14.0. The third kappa shape index (κ3) is 6.20. The molecule has 1 heterocycles. The van der Waals surface area contributed by atoms with E-state index in [4.69, 9.17) is 5.21 Å². The number of carbonyl (C=O) groups is 2. The molecule has 6 nitrogen and oxygen atoms in total. The summed E-state index contributed by atoms with van der Waals surface area (Å²) in [6.07, 6.45) is 4.91. The molecule has 1 aromatic carbocycles. The molecule has 0 aromatic heterocycles. The number of hydroxylamine groups is 1. The van der Waals surface area contributed by atoms with Crippen molar-refractivity contribution in [1.82, 2.24) is 15.7 Å². The summed E-state index contributed by atoms with van der Waals surface area (Å²) in [6, 6.07) is 10.1. The zero-order valence-electron chi connectivity index (χ0n) is 14.0. The molecule has 0 unspecified atom stereocenters. The van der Waals surface area contributed by atoms with Crippen LogP contribution >= 0.6 is 0 Å². The second-order valence-electron chi connectivity index (χ2n) is 6.33. The summed E-state index contributed by atoms with van der Waals surface area (Å²) in [7, 11) is 0. The highest BCUT2D eigenvalue weighted by Crippen LogP contribution is 2.22. The van der Waals surface area contributed by atoms with E-state index in [-0.39, 0.29) is 11.9 Å². The quantitative estimate of drug-likeness (QED) is 0.529. The van der Waals surface area contributed by atoms with Gasteiger partial charge in [-0.15, -0.1) is 0 Å². The number of nitrogens with zero attached hydrogens (tertiary/aromatic N) is 1. The smallest absolute Gasteiger partial charge is 0.317 e. The monoisotopic (exact) mass is 333 g/mol. The molecule has 2 rings (SSSR count). The molecule has 1 fully saturated rings. The lowest BCUT2D eigenvalue weighted by atomic mass is 9.91. The standard InChI is InChI=1S/C18H27N3O3/c22-17(20-24)8-4-7-16-10-13-21(14-11-16)18(23)19-12-9-15-5-2-1-3-6-15/h1-3,5-6,16,24H,4,7-14H2,(H,19,23)(H,20,22). The number of carbonyl (C=O) groups excluding carboxylic acids is 2. The molecule has 6 heteroatoms. The SMILES string of the molecule is O=C(CCCC1CCN(C(=O)NCCc2ccccc2)CC1)NO. The van der Waals surface area contributed by atoms with Crippen LogP contribution in [0.3, 0.4) is 0 Å². The maximum absolute atomic E-state index is 12.2. The third-order valence-corrected chi connectivity index (χ3v) is 4.58. The Kier molecular flexibility index (Phi) is 7.55. The van der Waals surface area contributed by atoms with Crippen molar-refractivity contribution >= 4 is 11.9 Å². The van der Waals surface area contributed by atoms with Crippen LogP contribution in [0.2, 0.25) is 0 Å². The fraction of sp³-hybridized carbons (Fsp3) is 0.556. The predicted octanol–water partition coefficient (Wildman–Crippen LogP) is 2.33. The number of piperidine rings is 1. The Balaban J connectivity index is 1.59. The first-order chi connectivity index (χ1) is 11.7. The number of rotatable bonds is 7. The van der Waals surface area contributed by atoms with E-state index in [0.29, 0.717) is 18.9 Å². The Morgan fingerprint density at radius 3 is 2.54 bits per heavy atom. The lowest BCUT2D eigenvalue weighted by Crippen LogP contribution is -2.45. The van der Waals surface area contributed by atoms with E-state index in [1.165, 1.54) is 5.56 Å². The number of likely N-dealkylation sites (tertiary alicyclic amines) is 1. The molecule has 0 atom stereocenters. The summed E-state index contributed by atoms with van der Waals surface area (Å²) in [4.78, 5) is 25.0. The summed E-state index contributed by atoms with van der Waals surface area (Å²) in [5.74, 6) is 0.232. The lowest BCUT2D eigenvalue weighted by Gasteiger charge is -2.32. The molecule has 0 bridgehead atoms. The molecule has 1 aromatic rings. The van der Waals surface area contributed by atoms with Gasteiger partial charge < -0.3 is 10.2 Å². The molecule has 3 amide bonds. The highest BCUT2D eigenvalue weighted by molar-refractivity contribution is 5.74. The van der Waals surface area contributed by atoms with Crippen LogP contribution in [-0.2, 0) is 11.2 Å². The van der Waals surface area contributed by atoms with E-state index in [1.54, 1.807) is 5.48 Å². The van der Waals surface area contributed by atoms with Gasteiger partial charge >= 0.3 is 6.03 Å². The van der Waals surface area contributed by atoms with Crippen LogP contribution in [-0.4, -0.2) is 41.7 Å². The van der Waals surface area contributed by atoms with Crippen LogP contribution in [0.5, 0.6) is 0 Å². The van der Waals surface area contributed by atoms with Gasteiger partial charge in [0.15, 0.2) is 0 Å². The summed E-state index contributed by atoms with van der Waals surface area (Å²) >= 11 is 0. The molecule has 24 heavy (non-hydrogen) atoms. The predicted molar refractivity (Wildman–Crippen MR) is 91.6 cm³/mol. The normalized spacial score (nSPS) is 15.1. The summed E-state index contributed by atoms with van der Waals surface area (Å²) in [6.45, 7) is 2.20.